The molecule has 0 aliphatic rings. The fourth-order valence-electron chi connectivity index (χ4n) is 1.04. The Morgan fingerprint density at radius 3 is 2.71 bits per heavy atom. The van der Waals surface area contributed by atoms with E-state index in [2.05, 4.69) is 11.9 Å². The van der Waals surface area contributed by atoms with Crippen LogP contribution in [0.2, 0.25) is 0 Å². The minimum atomic E-state index is -1.04. The van der Waals surface area contributed by atoms with Gasteiger partial charge in [-0.1, -0.05) is 6.58 Å². The molecule has 14 heavy (non-hydrogen) atoms. The zero-order chi connectivity index (χ0) is 10.7. The van der Waals surface area contributed by atoms with Crippen molar-refractivity contribution in [3.63, 3.8) is 0 Å². The second-order valence-corrected chi connectivity index (χ2v) is 2.72. The van der Waals surface area contributed by atoms with E-state index in [0.29, 0.717) is 5.69 Å². The number of carboxylic acid groups (broad SMARTS) is 1. The lowest BCUT2D eigenvalue weighted by molar-refractivity contribution is -0.111. The van der Waals surface area contributed by atoms with Crippen molar-refractivity contribution in [2.45, 2.75) is 0 Å². The molecule has 5 heteroatoms. The third-order valence-corrected chi connectivity index (χ3v) is 1.68. The molecule has 1 rings (SSSR count). The number of carboxylic acids is 1. The van der Waals surface area contributed by atoms with Crippen LogP contribution in [0.5, 0.6) is 0 Å². The molecule has 0 fully saturated rings. The van der Waals surface area contributed by atoms with Gasteiger partial charge in [-0.25, -0.2) is 4.79 Å². The molecular weight excluding hydrogens is 184 g/mol. The fourth-order valence-corrected chi connectivity index (χ4v) is 1.04. The molecule has 5 nitrogen and oxygen atoms in total. The number of carbonyl (C=O) groups is 2. The molecule has 0 saturated carbocycles. The van der Waals surface area contributed by atoms with Crippen LogP contribution < -0.4 is 5.32 Å². The van der Waals surface area contributed by atoms with Crippen LogP contribution in [0.3, 0.4) is 0 Å². The van der Waals surface area contributed by atoms with Gasteiger partial charge in [0.25, 0.3) is 0 Å². The zero-order valence-electron chi connectivity index (χ0n) is 7.65. The summed E-state index contributed by atoms with van der Waals surface area (Å²) < 4.78 is 1.42. The number of nitrogens with zero attached hydrogens (tertiary/aromatic N) is 1. The average molecular weight is 194 g/mol. The highest BCUT2D eigenvalue weighted by Crippen LogP contribution is 2.12. The van der Waals surface area contributed by atoms with Crippen LogP contribution in [0, 0.1) is 0 Å². The third-order valence-electron chi connectivity index (χ3n) is 1.68. The normalized spacial score (nSPS) is 9.50. The van der Waals surface area contributed by atoms with Crippen molar-refractivity contribution in [2.75, 3.05) is 5.32 Å². The summed E-state index contributed by atoms with van der Waals surface area (Å²) in [5.41, 5.74) is 0.555. The standard InChI is InChI=1S/C9H10N2O3/c1-3-8(12)10-6-4-7(9(13)14)11(2)5-6/h3-5H,1H2,2H3,(H,10,12)(H,13,14). The molecule has 0 aromatic carbocycles. The summed E-state index contributed by atoms with van der Waals surface area (Å²) in [4.78, 5) is 21.5. The van der Waals surface area contributed by atoms with E-state index in [1.807, 2.05) is 0 Å². The number of aromatic carboxylic acids is 1. The summed E-state index contributed by atoms with van der Waals surface area (Å²) >= 11 is 0. The number of nitrogens with one attached hydrogen (secondary N) is 1. The summed E-state index contributed by atoms with van der Waals surface area (Å²) in [5, 5.41) is 11.2. The largest absolute Gasteiger partial charge is 0.477 e. The Bertz CT molecular complexity index is 393. The number of amides is 1. The van der Waals surface area contributed by atoms with Crippen LogP contribution in [0.25, 0.3) is 0 Å². The van der Waals surface area contributed by atoms with Gasteiger partial charge >= 0.3 is 5.97 Å². The van der Waals surface area contributed by atoms with Crippen molar-refractivity contribution >= 4 is 17.6 Å². The molecule has 0 bridgehead atoms. The summed E-state index contributed by atoms with van der Waals surface area (Å²) in [6, 6.07) is 1.38. The van der Waals surface area contributed by atoms with E-state index in [4.69, 9.17) is 5.11 Å². The molecule has 1 aromatic heterocycles. The van der Waals surface area contributed by atoms with Gasteiger partial charge < -0.3 is 15.0 Å². The number of anilines is 1. The van der Waals surface area contributed by atoms with Gasteiger partial charge in [0.15, 0.2) is 0 Å². The molecule has 0 spiro atoms. The first-order valence-corrected chi connectivity index (χ1v) is 3.87. The lowest BCUT2D eigenvalue weighted by Crippen LogP contribution is -2.06. The van der Waals surface area contributed by atoms with Crippen molar-refractivity contribution in [3.05, 3.63) is 30.6 Å². The molecule has 2 N–H and O–H groups in total. The van der Waals surface area contributed by atoms with E-state index in [0.717, 1.165) is 6.08 Å². The highest BCUT2D eigenvalue weighted by molar-refractivity contribution is 5.99. The lowest BCUT2D eigenvalue weighted by Gasteiger charge is -1.95. The monoisotopic (exact) mass is 194 g/mol. The predicted octanol–water partition coefficient (Wildman–Crippen LogP) is 0.848. The van der Waals surface area contributed by atoms with E-state index >= 15 is 0 Å². The minimum Gasteiger partial charge on any atom is -0.477 e. The number of aromatic nitrogens is 1. The van der Waals surface area contributed by atoms with Crippen LogP contribution in [0.4, 0.5) is 5.69 Å². The van der Waals surface area contributed by atoms with Gasteiger partial charge in [0, 0.05) is 13.2 Å². The van der Waals surface area contributed by atoms with Crippen LogP contribution in [-0.4, -0.2) is 21.6 Å². The number of rotatable bonds is 3. The maximum atomic E-state index is 10.9. The third kappa shape index (κ3) is 2.01. The summed E-state index contributed by atoms with van der Waals surface area (Å²) in [6.45, 7) is 3.29. The second-order valence-electron chi connectivity index (χ2n) is 2.72. The van der Waals surface area contributed by atoms with E-state index in [-0.39, 0.29) is 11.6 Å². The number of hydrogen-bond donors (Lipinski definition) is 2. The molecule has 1 amide bonds. The van der Waals surface area contributed by atoms with Crippen molar-refractivity contribution in [2.24, 2.45) is 7.05 Å². The van der Waals surface area contributed by atoms with E-state index < -0.39 is 5.97 Å². The molecule has 1 aromatic rings. The SMILES string of the molecule is C=CC(=O)Nc1cc(C(=O)O)n(C)c1. The zero-order valence-corrected chi connectivity index (χ0v) is 7.65. The van der Waals surface area contributed by atoms with Crippen molar-refractivity contribution in [3.8, 4) is 0 Å². The molecule has 74 valence electrons. The van der Waals surface area contributed by atoms with E-state index in [1.54, 1.807) is 7.05 Å². The second kappa shape index (κ2) is 3.78. The molecule has 0 aliphatic heterocycles. The highest BCUT2D eigenvalue weighted by atomic mass is 16.4. The van der Waals surface area contributed by atoms with Crippen LogP contribution in [0.15, 0.2) is 24.9 Å². The molecular formula is C9H10N2O3. The van der Waals surface area contributed by atoms with Gasteiger partial charge in [-0.2, -0.15) is 0 Å². The van der Waals surface area contributed by atoms with Crippen molar-refractivity contribution < 1.29 is 14.7 Å². The van der Waals surface area contributed by atoms with Crippen molar-refractivity contribution in [1.29, 1.82) is 0 Å². The minimum absolute atomic E-state index is 0.115. The first-order valence-electron chi connectivity index (χ1n) is 3.87. The number of carbonyl (C=O) groups excluding carboxylic acids is 1. The van der Waals surface area contributed by atoms with Crippen LogP contribution in [-0.2, 0) is 11.8 Å². The highest BCUT2D eigenvalue weighted by Gasteiger charge is 2.10. The summed E-state index contributed by atoms with van der Waals surface area (Å²) in [7, 11) is 1.59. The molecule has 1 heterocycles. The maximum absolute atomic E-state index is 10.9. The van der Waals surface area contributed by atoms with Gasteiger partial charge in [-0.3, -0.25) is 4.79 Å². The topological polar surface area (TPSA) is 71.3 Å². The lowest BCUT2D eigenvalue weighted by atomic mass is 10.4. The van der Waals surface area contributed by atoms with E-state index in [1.165, 1.54) is 16.8 Å². The summed E-state index contributed by atoms with van der Waals surface area (Å²) in [5.74, 6) is -1.40. The quantitative estimate of drug-likeness (QED) is 0.700. The van der Waals surface area contributed by atoms with Gasteiger partial charge in [-0.15, -0.1) is 0 Å². The van der Waals surface area contributed by atoms with Crippen molar-refractivity contribution in [1.82, 2.24) is 4.57 Å². The molecule has 0 aliphatic carbocycles. The van der Waals surface area contributed by atoms with Crippen LogP contribution >= 0.6 is 0 Å². The van der Waals surface area contributed by atoms with E-state index in [9.17, 15) is 9.59 Å². The molecule has 0 unspecified atom stereocenters. The summed E-state index contributed by atoms with van der Waals surface area (Å²) in [6.07, 6.45) is 2.64. The maximum Gasteiger partial charge on any atom is 0.352 e. The Morgan fingerprint density at radius 1 is 1.64 bits per heavy atom. The number of hydrogen-bond acceptors (Lipinski definition) is 2. The Labute approximate surface area is 80.7 Å². The van der Waals surface area contributed by atoms with Crippen LogP contribution in [0.1, 0.15) is 10.5 Å². The van der Waals surface area contributed by atoms with Gasteiger partial charge in [0.1, 0.15) is 5.69 Å². The molecule has 0 saturated heterocycles. The fraction of sp³-hybridized carbons (Fsp3) is 0.111. The Balaban J connectivity index is 2.91. The average Bonchev–Trinajstić information content (AvgIpc) is 2.46. The smallest absolute Gasteiger partial charge is 0.352 e. The van der Waals surface area contributed by atoms with Gasteiger partial charge in [0.05, 0.1) is 5.69 Å². The molecule has 0 atom stereocenters. The first kappa shape index (κ1) is 10.0. The van der Waals surface area contributed by atoms with Gasteiger partial charge in [-0.05, 0) is 12.1 Å². The first-order chi connectivity index (χ1) is 6.54. The Morgan fingerprint density at radius 2 is 2.29 bits per heavy atom. The predicted molar refractivity (Wildman–Crippen MR) is 51.2 cm³/mol. The number of aryl methyl sites for hydroxylation is 1. The van der Waals surface area contributed by atoms with Gasteiger partial charge in [0.2, 0.25) is 5.91 Å². The Kier molecular flexibility index (Phi) is 2.71. The molecule has 0 radical (unpaired) electrons. The Hall–Kier alpha value is -2.04.